The van der Waals surface area contributed by atoms with E-state index in [1.165, 1.54) is 6.92 Å². The van der Waals surface area contributed by atoms with Gasteiger partial charge in [-0.3, -0.25) is 4.79 Å². The minimum Gasteiger partial charge on any atom is -0.361 e. The molecule has 7 heteroatoms. The van der Waals surface area contributed by atoms with Crippen molar-refractivity contribution in [2.45, 2.75) is 37.8 Å². The van der Waals surface area contributed by atoms with E-state index in [2.05, 4.69) is 10.5 Å². The van der Waals surface area contributed by atoms with E-state index < -0.39 is 21.0 Å². The molecule has 2 rings (SSSR count). The van der Waals surface area contributed by atoms with Crippen molar-refractivity contribution in [1.82, 2.24) is 10.5 Å². The number of benzene rings is 1. The lowest BCUT2D eigenvalue weighted by molar-refractivity contribution is -0.121. The third-order valence-electron chi connectivity index (χ3n) is 3.59. The van der Waals surface area contributed by atoms with E-state index in [0.29, 0.717) is 11.5 Å². The summed E-state index contributed by atoms with van der Waals surface area (Å²) in [5.41, 5.74) is 1.22. The summed E-state index contributed by atoms with van der Waals surface area (Å²) in [6.45, 7) is 4.88. The fraction of sp³-hybridized carbons (Fsp3) is 0.375. The normalized spacial score (nSPS) is 14.2. The predicted octanol–water partition coefficient (Wildman–Crippen LogP) is 2.16. The van der Waals surface area contributed by atoms with Gasteiger partial charge in [0.25, 0.3) is 0 Å². The van der Waals surface area contributed by atoms with Gasteiger partial charge in [-0.15, -0.1) is 0 Å². The maximum absolute atomic E-state index is 12.3. The van der Waals surface area contributed by atoms with Gasteiger partial charge >= 0.3 is 0 Å². The molecule has 0 aliphatic heterocycles. The molecule has 0 spiro atoms. The summed E-state index contributed by atoms with van der Waals surface area (Å²) in [5.74, 6) is -0.315. The number of aryl methyl sites for hydroxylation is 1. The lowest BCUT2D eigenvalue weighted by atomic mass is 10.1. The highest BCUT2D eigenvalue weighted by Crippen LogP contribution is 2.15. The quantitative estimate of drug-likeness (QED) is 0.873. The van der Waals surface area contributed by atoms with Gasteiger partial charge in [0.15, 0.2) is 9.84 Å². The van der Waals surface area contributed by atoms with Gasteiger partial charge < -0.3 is 9.84 Å². The van der Waals surface area contributed by atoms with Gasteiger partial charge in [0.2, 0.25) is 5.91 Å². The van der Waals surface area contributed by atoms with Crippen molar-refractivity contribution in [1.29, 1.82) is 0 Å². The zero-order valence-corrected chi connectivity index (χ0v) is 14.1. The Morgan fingerprint density at radius 1 is 1.26 bits per heavy atom. The summed E-state index contributed by atoms with van der Waals surface area (Å²) in [4.78, 5) is 12.2. The number of carbonyl (C=O) groups is 1. The van der Waals surface area contributed by atoms with E-state index in [0.717, 1.165) is 5.56 Å². The summed E-state index contributed by atoms with van der Waals surface area (Å²) in [5, 5.41) is 5.24. The van der Waals surface area contributed by atoms with Crippen LogP contribution in [-0.4, -0.2) is 24.7 Å². The van der Waals surface area contributed by atoms with Crippen LogP contribution in [0.3, 0.4) is 0 Å². The molecule has 1 aromatic carbocycles. The topological polar surface area (TPSA) is 89.3 Å². The Labute approximate surface area is 135 Å². The maximum Gasteiger partial charge on any atom is 0.238 e. The van der Waals surface area contributed by atoms with Gasteiger partial charge in [-0.2, -0.15) is 0 Å². The Bertz CT molecular complexity index is 768. The highest BCUT2D eigenvalue weighted by atomic mass is 32.2. The summed E-state index contributed by atoms with van der Waals surface area (Å²) in [7, 11) is -3.66. The van der Waals surface area contributed by atoms with Crippen LogP contribution >= 0.6 is 0 Å². The molecule has 2 aromatic rings. The van der Waals surface area contributed by atoms with E-state index in [9.17, 15) is 13.2 Å². The van der Waals surface area contributed by atoms with E-state index in [1.807, 2.05) is 37.3 Å². The second-order valence-electron chi connectivity index (χ2n) is 5.52. The van der Waals surface area contributed by atoms with Crippen molar-refractivity contribution in [3.8, 4) is 0 Å². The number of rotatable bonds is 6. The van der Waals surface area contributed by atoms with E-state index in [1.54, 1.807) is 13.0 Å². The van der Waals surface area contributed by atoms with Crippen molar-refractivity contribution in [3.63, 3.8) is 0 Å². The standard InChI is InChI=1S/C16H20N2O4S/c1-11-9-15(18-22-11)10-23(20,21)13(3)16(19)17-12(2)14-7-5-4-6-8-14/h4-9,12-13H,10H2,1-3H3,(H,17,19). The van der Waals surface area contributed by atoms with Crippen LogP contribution in [0.5, 0.6) is 0 Å². The monoisotopic (exact) mass is 336 g/mol. The fourth-order valence-corrected chi connectivity index (χ4v) is 3.33. The predicted molar refractivity (Wildman–Crippen MR) is 86.3 cm³/mol. The SMILES string of the molecule is Cc1cc(CS(=O)(=O)C(C)C(=O)NC(C)c2ccccc2)no1. The summed E-state index contributed by atoms with van der Waals surface area (Å²) in [6.07, 6.45) is 0. The van der Waals surface area contributed by atoms with Crippen LogP contribution in [0.2, 0.25) is 0 Å². The van der Waals surface area contributed by atoms with E-state index in [-0.39, 0.29) is 11.8 Å². The van der Waals surface area contributed by atoms with Crippen molar-refractivity contribution in [3.05, 3.63) is 53.4 Å². The molecule has 6 nitrogen and oxygen atoms in total. The molecule has 0 saturated carbocycles. The van der Waals surface area contributed by atoms with E-state index in [4.69, 9.17) is 4.52 Å². The van der Waals surface area contributed by atoms with Crippen LogP contribution in [0.4, 0.5) is 0 Å². The average Bonchev–Trinajstić information content (AvgIpc) is 2.91. The van der Waals surface area contributed by atoms with Gasteiger partial charge in [0.1, 0.15) is 11.0 Å². The summed E-state index contributed by atoms with van der Waals surface area (Å²) >= 11 is 0. The van der Waals surface area contributed by atoms with Crippen LogP contribution in [0.15, 0.2) is 40.9 Å². The molecular weight excluding hydrogens is 316 g/mol. The number of hydrogen-bond donors (Lipinski definition) is 1. The second-order valence-corrected chi connectivity index (χ2v) is 7.84. The van der Waals surface area contributed by atoms with Crippen molar-refractivity contribution in [2.75, 3.05) is 0 Å². The van der Waals surface area contributed by atoms with Gasteiger partial charge in [0.05, 0.1) is 17.5 Å². The number of carbonyl (C=O) groups excluding carboxylic acids is 1. The van der Waals surface area contributed by atoms with Crippen LogP contribution in [-0.2, 0) is 20.4 Å². The molecule has 1 N–H and O–H groups in total. The fourth-order valence-electron chi connectivity index (χ4n) is 2.14. The first-order valence-electron chi connectivity index (χ1n) is 7.28. The van der Waals surface area contributed by atoms with Crippen molar-refractivity contribution < 1.29 is 17.7 Å². The first-order chi connectivity index (χ1) is 10.8. The zero-order valence-electron chi connectivity index (χ0n) is 13.3. The van der Waals surface area contributed by atoms with Crippen LogP contribution in [0.25, 0.3) is 0 Å². The van der Waals surface area contributed by atoms with Gasteiger partial charge in [0, 0.05) is 6.07 Å². The smallest absolute Gasteiger partial charge is 0.238 e. The lowest BCUT2D eigenvalue weighted by Gasteiger charge is -2.18. The molecule has 124 valence electrons. The molecular formula is C16H20N2O4S. The Balaban J connectivity index is 2.03. The summed E-state index contributed by atoms with van der Waals surface area (Å²) in [6, 6.07) is 10.6. The molecule has 1 amide bonds. The summed E-state index contributed by atoms with van der Waals surface area (Å²) < 4.78 is 29.5. The highest BCUT2D eigenvalue weighted by molar-refractivity contribution is 7.92. The third-order valence-corrected chi connectivity index (χ3v) is 5.58. The largest absolute Gasteiger partial charge is 0.361 e. The molecule has 0 aliphatic rings. The Kier molecular flexibility index (Phi) is 5.20. The van der Waals surface area contributed by atoms with E-state index >= 15 is 0 Å². The maximum atomic E-state index is 12.3. The van der Waals surface area contributed by atoms with Crippen LogP contribution < -0.4 is 5.32 Å². The molecule has 23 heavy (non-hydrogen) atoms. The van der Waals surface area contributed by atoms with Crippen molar-refractivity contribution in [2.24, 2.45) is 0 Å². The average molecular weight is 336 g/mol. The number of sulfone groups is 1. The van der Waals surface area contributed by atoms with Crippen molar-refractivity contribution >= 4 is 15.7 Å². The molecule has 2 atom stereocenters. The minimum atomic E-state index is -3.66. The molecule has 0 radical (unpaired) electrons. The van der Waals surface area contributed by atoms with Gasteiger partial charge in [-0.1, -0.05) is 35.5 Å². The first-order valence-corrected chi connectivity index (χ1v) is 9.00. The molecule has 1 heterocycles. The third kappa shape index (κ3) is 4.41. The second kappa shape index (κ2) is 6.95. The zero-order chi connectivity index (χ0) is 17.0. The molecule has 0 fully saturated rings. The molecule has 0 bridgehead atoms. The molecule has 0 aliphatic carbocycles. The number of nitrogens with one attached hydrogen (secondary N) is 1. The van der Waals surface area contributed by atoms with Crippen LogP contribution in [0, 0.1) is 6.92 Å². The number of hydrogen-bond acceptors (Lipinski definition) is 5. The molecule has 2 unspecified atom stereocenters. The number of nitrogens with zero attached hydrogens (tertiary/aromatic N) is 1. The molecule has 0 saturated heterocycles. The number of amides is 1. The number of aromatic nitrogens is 1. The van der Waals surface area contributed by atoms with Gasteiger partial charge in [-0.05, 0) is 26.3 Å². The van der Waals surface area contributed by atoms with Crippen LogP contribution in [0.1, 0.15) is 36.9 Å². The van der Waals surface area contributed by atoms with Gasteiger partial charge in [-0.25, -0.2) is 8.42 Å². The highest BCUT2D eigenvalue weighted by Gasteiger charge is 2.30. The lowest BCUT2D eigenvalue weighted by Crippen LogP contribution is -2.39. The Morgan fingerprint density at radius 2 is 1.91 bits per heavy atom. The first kappa shape index (κ1) is 17.2. The Hall–Kier alpha value is -2.15. The molecule has 1 aromatic heterocycles. The Morgan fingerprint density at radius 3 is 2.48 bits per heavy atom. The minimum absolute atomic E-state index is 0.268.